The van der Waals surface area contributed by atoms with E-state index in [0.29, 0.717) is 31.7 Å². The van der Waals surface area contributed by atoms with Crippen molar-refractivity contribution in [2.75, 3.05) is 13.2 Å². The largest absolute Gasteiger partial charge is 0.377 e. The van der Waals surface area contributed by atoms with Crippen molar-refractivity contribution >= 4 is 11.6 Å². The lowest BCUT2D eigenvalue weighted by molar-refractivity contribution is -0.384. The van der Waals surface area contributed by atoms with Gasteiger partial charge in [-0.2, -0.15) is 0 Å². The second-order valence-corrected chi connectivity index (χ2v) is 4.95. The van der Waals surface area contributed by atoms with Crippen LogP contribution in [0.3, 0.4) is 0 Å². The monoisotopic (exact) mass is 314 g/mol. The molecule has 0 bridgehead atoms. The van der Waals surface area contributed by atoms with Crippen LogP contribution in [0.4, 0.5) is 5.69 Å². The molecule has 0 spiro atoms. The summed E-state index contributed by atoms with van der Waals surface area (Å²) in [5.41, 5.74) is 1.49. The van der Waals surface area contributed by atoms with Crippen LogP contribution in [0.1, 0.15) is 22.3 Å². The molecule has 0 unspecified atom stereocenters. The molecule has 6 heteroatoms. The smallest absolute Gasteiger partial charge is 0.269 e. The molecule has 0 radical (unpaired) electrons. The highest BCUT2D eigenvalue weighted by Gasteiger charge is 2.08. The van der Waals surface area contributed by atoms with Gasteiger partial charge >= 0.3 is 0 Å². The van der Waals surface area contributed by atoms with Gasteiger partial charge < -0.3 is 10.1 Å². The van der Waals surface area contributed by atoms with Crippen LogP contribution >= 0.6 is 0 Å². The predicted octanol–water partition coefficient (Wildman–Crippen LogP) is 2.93. The maximum Gasteiger partial charge on any atom is 0.269 e. The third-order valence-electron chi connectivity index (χ3n) is 3.20. The van der Waals surface area contributed by atoms with E-state index in [1.165, 1.54) is 24.3 Å². The van der Waals surface area contributed by atoms with Gasteiger partial charge in [0, 0.05) is 30.8 Å². The highest BCUT2D eigenvalue weighted by molar-refractivity contribution is 5.94. The second kappa shape index (κ2) is 8.65. The topological polar surface area (TPSA) is 81.5 Å². The van der Waals surface area contributed by atoms with E-state index in [9.17, 15) is 14.9 Å². The van der Waals surface area contributed by atoms with Crippen LogP contribution in [0.5, 0.6) is 0 Å². The van der Waals surface area contributed by atoms with Crippen molar-refractivity contribution in [3.05, 3.63) is 75.8 Å². The molecule has 0 aliphatic heterocycles. The molecular formula is C17H18N2O4. The van der Waals surface area contributed by atoms with E-state index in [-0.39, 0.29) is 11.6 Å². The third-order valence-corrected chi connectivity index (χ3v) is 3.20. The van der Waals surface area contributed by atoms with Crippen LogP contribution < -0.4 is 5.32 Å². The van der Waals surface area contributed by atoms with E-state index in [1.807, 2.05) is 30.3 Å². The van der Waals surface area contributed by atoms with Crippen molar-refractivity contribution in [3.63, 3.8) is 0 Å². The second-order valence-electron chi connectivity index (χ2n) is 4.95. The molecule has 1 amide bonds. The van der Waals surface area contributed by atoms with Gasteiger partial charge in [-0.15, -0.1) is 0 Å². The molecule has 2 rings (SSSR count). The van der Waals surface area contributed by atoms with Gasteiger partial charge in [-0.05, 0) is 24.1 Å². The summed E-state index contributed by atoms with van der Waals surface area (Å²) in [6.07, 6.45) is 0.700. The van der Waals surface area contributed by atoms with Crippen LogP contribution in [0.2, 0.25) is 0 Å². The van der Waals surface area contributed by atoms with Gasteiger partial charge in [0.1, 0.15) is 0 Å². The number of nitrogens with zero attached hydrogens (tertiary/aromatic N) is 1. The van der Waals surface area contributed by atoms with Crippen LogP contribution in [-0.2, 0) is 11.3 Å². The van der Waals surface area contributed by atoms with E-state index in [1.54, 1.807) is 0 Å². The highest BCUT2D eigenvalue weighted by Crippen LogP contribution is 2.11. The number of non-ortho nitro benzene ring substituents is 1. The zero-order valence-electron chi connectivity index (χ0n) is 12.6. The number of hydrogen-bond acceptors (Lipinski definition) is 4. The number of rotatable bonds is 8. The molecule has 23 heavy (non-hydrogen) atoms. The van der Waals surface area contributed by atoms with Gasteiger partial charge in [-0.25, -0.2) is 0 Å². The van der Waals surface area contributed by atoms with Crippen LogP contribution in [-0.4, -0.2) is 24.0 Å². The first-order valence-electron chi connectivity index (χ1n) is 7.31. The van der Waals surface area contributed by atoms with Crippen LogP contribution in [0, 0.1) is 10.1 Å². The van der Waals surface area contributed by atoms with Gasteiger partial charge in [0.25, 0.3) is 11.6 Å². The normalized spacial score (nSPS) is 10.3. The zero-order chi connectivity index (χ0) is 16.5. The number of hydrogen-bond donors (Lipinski definition) is 1. The molecule has 2 aromatic rings. The first kappa shape index (κ1) is 16.6. The number of benzene rings is 2. The first-order valence-corrected chi connectivity index (χ1v) is 7.31. The van der Waals surface area contributed by atoms with Gasteiger partial charge in [-0.1, -0.05) is 30.3 Å². The molecule has 0 saturated carbocycles. The molecule has 0 atom stereocenters. The Balaban J connectivity index is 1.64. The van der Waals surface area contributed by atoms with Crippen molar-refractivity contribution in [3.8, 4) is 0 Å². The van der Waals surface area contributed by atoms with Gasteiger partial charge in [-0.3, -0.25) is 14.9 Å². The molecule has 0 aromatic heterocycles. The van der Waals surface area contributed by atoms with E-state index in [0.717, 1.165) is 5.56 Å². The molecule has 0 aliphatic rings. The summed E-state index contributed by atoms with van der Waals surface area (Å²) in [5.74, 6) is -0.247. The summed E-state index contributed by atoms with van der Waals surface area (Å²) >= 11 is 0. The maximum absolute atomic E-state index is 11.9. The Morgan fingerprint density at radius 1 is 1.09 bits per heavy atom. The minimum Gasteiger partial charge on any atom is -0.377 e. The van der Waals surface area contributed by atoms with E-state index < -0.39 is 4.92 Å². The Morgan fingerprint density at radius 3 is 2.43 bits per heavy atom. The number of nitro groups is 1. The Labute approximate surface area is 134 Å². The fraction of sp³-hybridized carbons (Fsp3) is 0.235. The van der Waals surface area contributed by atoms with Crippen molar-refractivity contribution in [2.45, 2.75) is 13.0 Å². The minimum absolute atomic E-state index is 0.0316. The van der Waals surface area contributed by atoms with Crippen molar-refractivity contribution < 1.29 is 14.5 Å². The summed E-state index contributed by atoms with van der Waals surface area (Å²) in [5, 5.41) is 13.3. The van der Waals surface area contributed by atoms with Crippen LogP contribution in [0.15, 0.2) is 54.6 Å². The Hall–Kier alpha value is -2.73. The average Bonchev–Trinajstić information content (AvgIpc) is 2.58. The quantitative estimate of drug-likeness (QED) is 0.461. The molecular weight excluding hydrogens is 296 g/mol. The average molecular weight is 314 g/mol. The molecule has 0 fully saturated rings. The molecule has 0 heterocycles. The summed E-state index contributed by atoms with van der Waals surface area (Å²) < 4.78 is 5.52. The Bertz CT molecular complexity index is 641. The molecule has 0 aliphatic carbocycles. The maximum atomic E-state index is 11.9. The van der Waals surface area contributed by atoms with E-state index >= 15 is 0 Å². The number of nitrogens with one attached hydrogen (secondary N) is 1. The number of ether oxygens (including phenoxy) is 1. The van der Waals surface area contributed by atoms with Gasteiger partial charge in [0.15, 0.2) is 0 Å². The fourth-order valence-corrected chi connectivity index (χ4v) is 1.98. The van der Waals surface area contributed by atoms with Crippen molar-refractivity contribution in [2.24, 2.45) is 0 Å². The summed E-state index contributed by atoms with van der Waals surface area (Å²) in [6, 6.07) is 15.4. The number of nitro benzene ring substituents is 1. The summed E-state index contributed by atoms with van der Waals surface area (Å²) in [7, 11) is 0. The highest BCUT2D eigenvalue weighted by atomic mass is 16.6. The molecule has 2 aromatic carbocycles. The van der Waals surface area contributed by atoms with Crippen molar-refractivity contribution in [1.82, 2.24) is 5.32 Å². The Morgan fingerprint density at radius 2 is 1.78 bits per heavy atom. The number of amides is 1. The standard InChI is InChI=1S/C17H18N2O4/c20-17(15-7-9-16(10-8-15)19(21)22)18-11-4-12-23-13-14-5-2-1-3-6-14/h1-3,5-10H,4,11-13H2,(H,18,20). The lowest BCUT2D eigenvalue weighted by Gasteiger charge is -2.06. The lowest BCUT2D eigenvalue weighted by atomic mass is 10.2. The number of carbonyl (C=O) groups excluding carboxylic acids is 1. The number of carbonyl (C=O) groups is 1. The minimum atomic E-state index is -0.494. The molecule has 0 saturated heterocycles. The molecule has 6 nitrogen and oxygen atoms in total. The van der Waals surface area contributed by atoms with Gasteiger partial charge in [0.05, 0.1) is 11.5 Å². The molecule has 120 valence electrons. The van der Waals surface area contributed by atoms with Crippen molar-refractivity contribution in [1.29, 1.82) is 0 Å². The SMILES string of the molecule is O=C(NCCCOCc1ccccc1)c1ccc([N+](=O)[O-])cc1. The fourth-order valence-electron chi connectivity index (χ4n) is 1.98. The Kier molecular flexibility index (Phi) is 6.26. The first-order chi connectivity index (χ1) is 11.2. The third kappa shape index (κ3) is 5.52. The van der Waals surface area contributed by atoms with E-state index in [2.05, 4.69) is 5.32 Å². The summed E-state index contributed by atoms with van der Waals surface area (Å²) in [4.78, 5) is 21.9. The van der Waals surface area contributed by atoms with Crippen LogP contribution in [0.25, 0.3) is 0 Å². The lowest BCUT2D eigenvalue weighted by Crippen LogP contribution is -2.25. The molecule has 1 N–H and O–H groups in total. The van der Waals surface area contributed by atoms with E-state index in [4.69, 9.17) is 4.74 Å². The summed E-state index contributed by atoms with van der Waals surface area (Å²) in [6.45, 7) is 1.59. The predicted molar refractivity (Wildman–Crippen MR) is 86.1 cm³/mol. The zero-order valence-corrected chi connectivity index (χ0v) is 12.6. The van der Waals surface area contributed by atoms with Gasteiger partial charge in [0.2, 0.25) is 0 Å².